The SMILES string of the molecule is CC1C(O)OC(O)C1C. The predicted molar refractivity (Wildman–Crippen MR) is 31.4 cm³/mol. The van der Waals surface area contributed by atoms with Crippen LogP contribution in [0, 0.1) is 11.8 Å². The van der Waals surface area contributed by atoms with E-state index in [-0.39, 0.29) is 11.8 Å². The van der Waals surface area contributed by atoms with Crippen LogP contribution in [0.2, 0.25) is 0 Å². The number of hydrogen-bond donors (Lipinski definition) is 2. The zero-order valence-corrected chi connectivity index (χ0v) is 5.61. The van der Waals surface area contributed by atoms with Crippen molar-refractivity contribution in [1.82, 2.24) is 0 Å². The van der Waals surface area contributed by atoms with E-state index >= 15 is 0 Å². The number of hydrogen-bond acceptors (Lipinski definition) is 3. The van der Waals surface area contributed by atoms with Gasteiger partial charge in [-0.3, -0.25) is 0 Å². The molecule has 1 aliphatic rings. The molecule has 54 valence electrons. The van der Waals surface area contributed by atoms with Gasteiger partial charge in [-0.25, -0.2) is 0 Å². The van der Waals surface area contributed by atoms with Gasteiger partial charge in [0.05, 0.1) is 0 Å². The van der Waals surface area contributed by atoms with Crippen molar-refractivity contribution in [2.24, 2.45) is 11.8 Å². The zero-order chi connectivity index (χ0) is 7.02. The summed E-state index contributed by atoms with van der Waals surface area (Å²) in [7, 11) is 0. The lowest BCUT2D eigenvalue weighted by atomic mass is 9.98. The van der Waals surface area contributed by atoms with Gasteiger partial charge in [-0.2, -0.15) is 0 Å². The first kappa shape index (κ1) is 6.99. The molecule has 0 amide bonds. The number of rotatable bonds is 0. The normalized spacial score (nSPS) is 52.0. The highest BCUT2D eigenvalue weighted by Gasteiger charge is 2.36. The molecule has 0 spiro atoms. The van der Waals surface area contributed by atoms with E-state index in [1.807, 2.05) is 13.8 Å². The molecule has 1 fully saturated rings. The Morgan fingerprint density at radius 1 is 1.00 bits per heavy atom. The van der Waals surface area contributed by atoms with E-state index in [0.29, 0.717) is 0 Å². The van der Waals surface area contributed by atoms with Gasteiger partial charge in [0.2, 0.25) is 0 Å². The summed E-state index contributed by atoms with van der Waals surface area (Å²) in [5, 5.41) is 17.9. The largest absolute Gasteiger partial charge is 0.368 e. The van der Waals surface area contributed by atoms with Gasteiger partial charge in [0.25, 0.3) is 0 Å². The average Bonchev–Trinajstić information content (AvgIpc) is 1.98. The van der Waals surface area contributed by atoms with Crippen molar-refractivity contribution in [3.63, 3.8) is 0 Å². The van der Waals surface area contributed by atoms with Crippen molar-refractivity contribution >= 4 is 0 Å². The molecule has 1 heterocycles. The smallest absolute Gasteiger partial charge is 0.160 e. The van der Waals surface area contributed by atoms with Gasteiger partial charge >= 0.3 is 0 Å². The summed E-state index contributed by atoms with van der Waals surface area (Å²) in [6, 6.07) is 0. The molecule has 0 bridgehead atoms. The molecule has 9 heavy (non-hydrogen) atoms. The second kappa shape index (κ2) is 2.25. The third kappa shape index (κ3) is 1.08. The summed E-state index contributed by atoms with van der Waals surface area (Å²) in [5.41, 5.74) is 0. The van der Waals surface area contributed by atoms with Crippen LogP contribution in [0.1, 0.15) is 13.8 Å². The van der Waals surface area contributed by atoms with Crippen LogP contribution in [-0.4, -0.2) is 22.8 Å². The van der Waals surface area contributed by atoms with Crippen LogP contribution >= 0.6 is 0 Å². The Morgan fingerprint density at radius 3 is 1.44 bits per heavy atom. The second-order valence-electron chi connectivity index (χ2n) is 2.64. The summed E-state index contributed by atoms with van der Waals surface area (Å²) in [5.74, 6) is 0.0833. The highest BCUT2D eigenvalue weighted by molar-refractivity contribution is 4.73. The maximum absolute atomic E-state index is 8.96. The monoisotopic (exact) mass is 132 g/mol. The summed E-state index contributed by atoms with van der Waals surface area (Å²) in [6.07, 6.45) is -1.56. The molecule has 0 aromatic heterocycles. The van der Waals surface area contributed by atoms with Crippen molar-refractivity contribution in [3.8, 4) is 0 Å². The van der Waals surface area contributed by atoms with E-state index < -0.39 is 12.6 Å². The lowest BCUT2D eigenvalue weighted by molar-refractivity contribution is -0.171. The minimum atomic E-state index is -0.782. The third-order valence-electron chi connectivity index (χ3n) is 2.01. The van der Waals surface area contributed by atoms with Crippen molar-refractivity contribution < 1.29 is 14.9 Å². The van der Waals surface area contributed by atoms with Crippen molar-refractivity contribution in [2.45, 2.75) is 26.4 Å². The molecular weight excluding hydrogens is 120 g/mol. The Bertz CT molecular complexity index is 92.5. The maximum atomic E-state index is 8.96. The maximum Gasteiger partial charge on any atom is 0.160 e. The van der Waals surface area contributed by atoms with Crippen LogP contribution in [-0.2, 0) is 4.74 Å². The summed E-state index contributed by atoms with van der Waals surface area (Å²) < 4.78 is 4.70. The molecule has 0 aromatic carbocycles. The Kier molecular flexibility index (Phi) is 1.75. The van der Waals surface area contributed by atoms with Crippen LogP contribution < -0.4 is 0 Å². The molecule has 3 nitrogen and oxygen atoms in total. The van der Waals surface area contributed by atoms with E-state index in [1.165, 1.54) is 0 Å². The van der Waals surface area contributed by atoms with Crippen molar-refractivity contribution in [1.29, 1.82) is 0 Å². The quantitative estimate of drug-likeness (QED) is 0.485. The molecule has 2 N–H and O–H groups in total. The topological polar surface area (TPSA) is 49.7 Å². The first-order chi connectivity index (χ1) is 4.13. The fourth-order valence-electron chi connectivity index (χ4n) is 0.910. The van der Waals surface area contributed by atoms with Crippen molar-refractivity contribution in [2.75, 3.05) is 0 Å². The fourth-order valence-corrected chi connectivity index (χ4v) is 0.910. The minimum absolute atomic E-state index is 0.0417. The molecule has 3 heteroatoms. The van der Waals surface area contributed by atoms with Crippen LogP contribution in [0.5, 0.6) is 0 Å². The fraction of sp³-hybridized carbons (Fsp3) is 1.00. The molecule has 4 unspecified atom stereocenters. The molecule has 4 atom stereocenters. The molecule has 0 saturated carbocycles. The molecule has 0 radical (unpaired) electrons. The van der Waals surface area contributed by atoms with Gasteiger partial charge in [0.1, 0.15) is 0 Å². The van der Waals surface area contributed by atoms with Crippen LogP contribution in [0.25, 0.3) is 0 Å². The lowest BCUT2D eigenvalue weighted by Crippen LogP contribution is -2.15. The molecule has 1 rings (SSSR count). The Morgan fingerprint density at radius 2 is 1.33 bits per heavy atom. The zero-order valence-electron chi connectivity index (χ0n) is 5.61. The number of ether oxygens (including phenoxy) is 1. The third-order valence-corrected chi connectivity index (χ3v) is 2.01. The summed E-state index contributed by atoms with van der Waals surface area (Å²) in [6.45, 7) is 3.71. The highest BCUT2D eigenvalue weighted by atomic mass is 16.7. The standard InChI is InChI=1S/C6H12O3/c1-3-4(2)6(8)9-5(3)7/h3-8H,1-2H3. The first-order valence-corrected chi connectivity index (χ1v) is 3.14. The Balaban J connectivity index is 2.54. The Labute approximate surface area is 54.3 Å². The molecule has 0 aliphatic carbocycles. The van der Waals surface area contributed by atoms with Gasteiger partial charge in [-0.15, -0.1) is 0 Å². The van der Waals surface area contributed by atoms with Crippen LogP contribution in [0.3, 0.4) is 0 Å². The average molecular weight is 132 g/mol. The van der Waals surface area contributed by atoms with Crippen LogP contribution in [0.15, 0.2) is 0 Å². The van der Waals surface area contributed by atoms with Crippen LogP contribution in [0.4, 0.5) is 0 Å². The van der Waals surface area contributed by atoms with E-state index in [0.717, 1.165) is 0 Å². The molecule has 1 saturated heterocycles. The second-order valence-corrected chi connectivity index (χ2v) is 2.64. The van der Waals surface area contributed by atoms with E-state index in [4.69, 9.17) is 14.9 Å². The van der Waals surface area contributed by atoms with Gasteiger partial charge in [0.15, 0.2) is 12.6 Å². The van der Waals surface area contributed by atoms with Gasteiger partial charge in [-0.05, 0) is 0 Å². The lowest BCUT2D eigenvalue weighted by Gasteiger charge is -2.08. The number of aliphatic hydroxyl groups excluding tert-OH is 2. The summed E-state index contributed by atoms with van der Waals surface area (Å²) >= 11 is 0. The molecular formula is C6H12O3. The van der Waals surface area contributed by atoms with Crippen molar-refractivity contribution in [3.05, 3.63) is 0 Å². The van der Waals surface area contributed by atoms with E-state index in [1.54, 1.807) is 0 Å². The van der Waals surface area contributed by atoms with E-state index in [9.17, 15) is 0 Å². The summed E-state index contributed by atoms with van der Waals surface area (Å²) in [4.78, 5) is 0. The molecule has 0 aromatic rings. The van der Waals surface area contributed by atoms with E-state index in [2.05, 4.69) is 0 Å². The van der Waals surface area contributed by atoms with Gasteiger partial charge in [-0.1, -0.05) is 13.8 Å². The Hall–Kier alpha value is -0.120. The van der Waals surface area contributed by atoms with Gasteiger partial charge in [0, 0.05) is 11.8 Å². The number of aliphatic hydroxyl groups is 2. The molecule has 1 aliphatic heterocycles. The minimum Gasteiger partial charge on any atom is -0.368 e. The highest BCUT2D eigenvalue weighted by Crippen LogP contribution is 2.28. The predicted octanol–water partition coefficient (Wildman–Crippen LogP) is -0.0744. The van der Waals surface area contributed by atoms with Gasteiger partial charge < -0.3 is 14.9 Å². The first-order valence-electron chi connectivity index (χ1n) is 3.14.